The maximum Gasteiger partial charge on any atom is 0.338 e. The first-order valence-electron chi connectivity index (χ1n) is 13.7. The number of allylic oxidation sites excluding steroid dienone is 1. The summed E-state index contributed by atoms with van der Waals surface area (Å²) < 4.78 is 11.2. The summed E-state index contributed by atoms with van der Waals surface area (Å²) in [6, 6.07) is 15.4. The normalized spacial score (nSPS) is 19.2. The maximum absolute atomic E-state index is 13.7. The number of benzene rings is 2. The van der Waals surface area contributed by atoms with Gasteiger partial charge in [0.2, 0.25) is 5.91 Å². The summed E-state index contributed by atoms with van der Waals surface area (Å²) in [4.78, 5) is 35.8. The quantitative estimate of drug-likeness (QED) is 0.454. The number of hydrogen-bond acceptors (Lipinski definition) is 8. The van der Waals surface area contributed by atoms with Gasteiger partial charge >= 0.3 is 5.97 Å². The van der Waals surface area contributed by atoms with Gasteiger partial charge in [-0.1, -0.05) is 65.9 Å². The summed E-state index contributed by atoms with van der Waals surface area (Å²) in [7, 11) is 0. The molecule has 0 radical (unpaired) electrons. The minimum atomic E-state index is -0.446. The average Bonchev–Trinajstić information content (AvgIpc) is 3.34. The zero-order valence-electron chi connectivity index (χ0n) is 23.3. The number of aryl methyl sites for hydroxylation is 2. The third kappa shape index (κ3) is 6.49. The molecule has 1 fully saturated rings. The van der Waals surface area contributed by atoms with Crippen LogP contribution in [0.25, 0.3) is 0 Å². The fourth-order valence-electron chi connectivity index (χ4n) is 5.26. The Morgan fingerprint density at radius 1 is 1.10 bits per heavy atom. The molecular weight excluding hydrogens is 524 g/mol. The van der Waals surface area contributed by atoms with E-state index in [4.69, 9.17) is 14.5 Å². The topological polar surface area (TPSA) is 83.5 Å². The van der Waals surface area contributed by atoms with Gasteiger partial charge < -0.3 is 19.7 Å². The lowest BCUT2D eigenvalue weighted by molar-refractivity contribution is -0.141. The van der Waals surface area contributed by atoms with Crippen LogP contribution >= 0.6 is 11.8 Å². The number of aliphatic imine (C=N–C) groups is 1. The summed E-state index contributed by atoms with van der Waals surface area (Å²) in [6.07, 6.45) is 0.196. The largest absolute Gasteiger partial charge is 0.457 e. The molecule has 1 amide bonds. The molecule has 0 aromatic heterocycles. The molecule has 2 aromatic carbocycles. The van der Waals surface area contributed by atoms with Crippen LogP contribution in [0.5, 0.6) is 0 Å². The van der Waals surface area contributed by atoms with Crippen molar-refractivity contribution in [2.24, 2.45) is 4.99 Å². The first kappa shape index (κ1) is 28.1. The van der Waals surface area contributed by atoms with E-state index in [0.717, 1.165) is 66.0 Å². The van der Waals surface area contributed by atoms with E-state index < -0.39 is 12.0 Å². The molecule has 9 heteroatoms. The van der Waals surface area contributed by atoms with Gasteiger partial charge in [0.25, 0.3) is 0 Å². The smallest absolute Gasteiger partial charge is 0.338 e. The van der Waals surface area contributed by atoms with Gasteiger partial charge in [0.15, 0.2) is 5.17 Å². The maximum atomic E-state index is 13.7. The third-order valence-corrected chi connectivity index (χ3v) is 8.24. The van der Waals surface area contributed by atoms with Gasteiger partial charge in [-0.25, -0.2) is 9.79 Å². The molecule has 0 aliphatic carbocycles. The Balaban J connectivity index is 1.36. The second kappa shape index (κ2) is 12.8. The number of morpholine rings is 1. The predicted octanol–water partition coefficient (Wildman–Crippen LogP) is 4.46. The lowest BCUT2D eigenvalue weighted by Crippen LogP contribution is -2.42. The number of fused-ring (bicyclic) bond motifs is 1. The number of esters is 1. The van der Waals surface area contributed by atoms with Crippen molar-refractivity contribution in [3.8, 4) is 0 Å². The molecule has 3 aliphatic heterocycles. The molecule has 1 N–H and O–H groups in total. The number of nitrogens with zero attached hydrogens (tertiary/aromatic N) is 3. The predicted molar refractivity (Wildman–Crippen MR) is 157 cm³/mol. The number of carbonyl (C=O) groups is 2. The van der Waals surface area contributed by atoms with Crippen molar-refractivity contribution >= 4 is 28.8 Å². The van der Waals surface area contributed by atoms with E-state index >= 15 is 0 Å². The zero-order valence-corrected chi connectivity index (χ0v) is 24.1. The van der Waals surface area contributed by atoms with Gasteiger partial charge in [-0.15, -0.1) is 0 Å². The first-order valence-corrected chi connectivity index (χ1v) is 14.6. The van der Waals surface area contributed by atoms with Crippen molar-refractivity contribution in [2.45, 2.75) is 39.8 Å². The minimum absolute atomic E-state index is 0.0554. The molecule has 0 bridgehead atoms. The molecule has 0 saturated carbocycles. The van der Waals surface area contributed by atoms with Crippen LogP contribution in [0.1, 0.15) is 41.6 Å². The Kier molecular flexibility index (Phi) is 9.04. The van der Waals surface area contributed by atoms with Gasteiger partial charge in [-0.3, -0.25) is 9.69 Å². The zero-order chi connectivity index (χ0) is 28.1. The van der Waals surface area contributed by atoms with Crippen molar-refractivity contribution in [1.82, 2.24) is 15.1 Å². The molecule has 5 rings (SSSR count). The lowest BCUT2D eigenvalue weighted by atomic mass is 9.90. The van der Waals surface area contributed by atoms with E-state index in [1.807, 2.05) is 47.6 Å². The molecule has 1 saturated heterocycles. The molecule has 2 aromatic rings. The van der Waals surface area contributed by atoms with Gasteiger partial charge in [0.05, 0.1) is 36.9 Å². The molecule has 8 nitrogen and oxygen atoms in total. The Bertz CT molecular complexity index is 1350. The van der Waals surface area contributed by atoms with Gasteiger partial charge in [0, 0.05) is 31.9 Å². The van der Waals surface area contributed by atoms with Crippen LogP contribution in [0.15, 0.2) is 75.9 Å². The van der Waals surface area contributed by atoms with Crippen LogP contribution in [-0.2, 0) is 25.7 Å². The summed E-state index contributed by atoms with van der Waals surface area (Å²) in [5.41, 5.74) is 6.07. The third-order valence-electron chi connectivity index (χ3n) is 7.35. The van der Waals surface area contributed by atoms with Crippen LogP contribution in [0.4, 0.5) is 0 Å². The van der Waals surface area contributed by atoms with Crippen molar-refractivity contribution in [2.75, 3.05) is 39.4 Å². The van der Waals surface area contributed by atoms with E-state index in [2.05, 4.69) is 42.3 Å². The number of thioether (sulfide) groups is 1. The highest BCUT2D eigenvalue weighted by atomic mass is 32.2. The SMILES string of the molecule is CC1=C(C(=O)OCc2ccccc2)C(c2ccc(C)cc2C)N2C(CC(=O)NCCN3CCOCC3)=CSC2=N1. The van der Waals surface area contributed by atoms with E-state index in [-0.39, 0.29) is 18.9 Å². The van der Waals surface area contributed by atoms with E-state index in [0.29, 0.717) is 17.8 Å². The Morgan fingerprint density at radius 3 is 2.62 bits per heavy atom. The number of ether oxygens (including phenoxy) is 2. The number of rotatable bonds is 9. The minimum Gasteiger partial charge on any atom is -0.457 e. The van der Waals surface area contributed by atoms with Crippen LogP contribution in [-0.4, -0.2) is 66.2 Å². The van der Waals surface area contributed by atoms with Crippen LogP contribution in [0.3, 0.4) is 0 Å². The highest BCUT2D eigenvalue weighted by Crippen LogP contribution is 2.45. The highest BCUT2D eigenvalue weighted by molar-refractivity contribution is 8.16. The lowest BCUT2D eigenvalue weighted by Gasteiger charge is -2.37. The number of hydrogen-bond donors (Lipinski definition) is 1. The van der Waals surface area contributed by atoms with Gasteiger partial charge in [-0.2, -0.15) is 0 Å². The van der Waals surface area contributed by atoms with Crippen molar-refractivity contribution in [3.63, 3.8) is 0 Å². The molecule has 3 aliphatic rings. The van der Waals surface area contributed by atoms with Crippen molar-refractivity contribution < 1.29 is 19.1 Å². The van der Waals surface area contributed by atoms with Crippen molar-refractivity contribution in [1.29, 1.82) is 0 Å². The standard InChI is InChI=1S/C31H36N4O4S/c1-21-9-10-26(22(2)17-21)29-28(30(37)39-19-24-7-5-4-6-8-24)23(3)33-31-35(29)25(20-40-31)18-27(36)32-11-12-34-13-15-38-16-14-34/h4-10,17,20,29H,11-16,18-19H2,1-3H3,(H,32,36). The Labute approximate surface area is 240 Å². The molecule has 3 heterocycles. The van der Waals surface area contributed by atoms with Gasteiger partial charge in [-0.05, 0) is 42.9 Å². The molecule has 1 unspecified atom stereocenters. The molecule has 1 atom stereocenters. The molecular formula is C31H36N4O4S. The summed E-state index contributed by atoms with van der Waals surface area (Å²) >= 11 is 1.48. The summed E-state index contributed by atoms with van der Waals surface area (Å²) in [6.45, 7) is 10.8. The average molecular weight is 561 g/mol. The highest BCUT2D eigenvalue weighted by Gasteiger charge is 2.41. The number of nitrogens with one attached hydrogen (secondary N) is 1. The summed E-state index contributed by atoms with van der Waals surface area (Å²) in [5.74, 6) is -0.458. The fraction of sp³-hybridized carbons (Fsp3) is 0.387. The molecule has 0 spiro atoms. The molecule has 210 valence electrons. The monoisotopic (exact) mass is 560 g/mol. The number of amidine groups is 1. The first-order chi connectivity index (χ1) is 19.4. The number of amides is 1. The van der Waals surface area contributed by atoms with Crippen LogP contribution < -0.4 is 5.32 Å². The van der Waals surface area contributed by atoms with Crippen molar-refractivity contribution in [3.05, 3.63) is 93.2 Å². The number of carbonyl (C=O) groups excluding carboxylic acids is 2. The summed E-state index contributed by atoms with van der Waals surface area (Å²) in [5, 5.41) is 5.80. The van der Waals surface area contributed by atoms with E-state index in [1.165, 1.54) is 11.8 Å². The van der Waals surface area contributed by atoms with E-state index in [9.17, 15) is 9.59 Å². The Morgan fingerprint density at radius 2 is 1.88 bits per heavy atom. The van der Waals surface area contributed by atoms with E-state index in [1.54, 1.807) is 0 Å². The fourth-order valence-corrected chi connectivity index (χ4v) is 6.23. The molecule has 40 heavy (non-hydrogen) atoms. The Hall–Kier alpha value is -3.40. The van der Waals surface area contributed by atoms with Gasteiger partial charge in [0.1, 0.15) is 6.61 Å². The second-order valence-corrected chi connectivity index (χ2v) is 11.1. The van der Waals surface area contributed by atoms with Crippen LogP contribution in [0, 0.1) is 13.8 Å². The second-order valence-electron chi connectivity index (χ2n) is 10.3. The van der Waals surface area contributed by atoms with Crippen LogP contribution in [0.2, 0.25) is 0 Å².